The van der Waals surface area contributed by atoms with E-state index in [4.69, 9.17) is 14.2 Å². The van der Waals surface area contributed by atoms with Gasteiger partial charge in [-0.2, -0.15) is 0 Å². The number of ether oxygens (including phenoxy) is 3. The standard InChI is InChI=1S/C17H18O3/c1-18-14-6-4-5-13(11-14)12-20-17-9-10-19-16-8-3-2-7-15(16)17/h2-8,11,17H,9-10,12H2,1H3. The van der Waals surface area contributed by atoms with Gasteiger partial charge in [0.1, 0.15) is 11.5 Å². The summed E-state index contributed by atoms with van der Waals surface area (Å²) in [4.78, 5) is 0. The van der Waals surface area contributed by atoms with Crippen LogP contribution in [0.5, 0.6) is 11.5 Å². The summed E-state index contributed by atoms with van der Waals surface area (Å²) in [6.07, 6.45) is 0.993. The van der Waals surface area contributed by atoms with Gasteiger partial charge in [0.25, 0.3) is 0 Å². The Labute approximate surface area is 119 Å². The van der Waals surface area contributed by atoms with Gasteiger partial charge in [-0.05, 0) is 23.8 Å². The Hall–Kier alpha value is -2.00. The van der Waals surface area contributed by atoms with E-state index >= 15 is 0 Å². The molecule has 1 heterocycles. The van der Waals surface area contributed by atoms with E-state index in [2.05, 4.69) is 6.07 Å². The molecule has 0 N–H and O–H groups in total. The van der Waals surface area contributed by atoms with Crippen molar-refractivity contribution in [1.82, 2.24) is 0 Å². The van der Waals surface area contributed by atoms with E-state index in [1.165, 1.54) is 0 Å². The first kappa shape index (κ1) is 13.0. The zero-order chi connectivity index (χ0) is 13.8. The third-order valence-corrected chi connectivity index (χ3v) is 3.49. The van der Waals surface area contributed by atoms with Crippen LogP contribution in [-0.4, -0.2) is 13.7 Å². The smallest absolute Gasteiger partial charge is 0.125 e. The first-order valence-corrected chi connectivity index (χ1v) is 6.83. The van der Waals surface area contributed by atoms with Crippen LogP contribution in [0.1, 0.15) is 23.7 Å². The summed E-state index contributed by atoms with van der Waals surface area (Å²) in [5.41, 5.74) is 2.26. The van der Waals surface area contributed by atoms with E-state index in [0.29, 0.717) is 13.2 Å². The van der Waals surface area contributed by atoms with Crippen LogP contribution >= 0.6 is 0 Å². The number of rotatable bonds is 4. The highest BCUT2D eigenvalue weighted by Gasteiger charge is 2.21. The summed E-state index contributed by atoms with van der Waals surface area (Å²) in [6, 6.07) is 16.1. The molecule has 104 valence electrons. The predicted molar refractivity (Wildman–Crippen MR) is 77.1 cm³/mol. The first-order chi connectivity index (χ1) is 9.86. The quantitative estimate of drug-likeness (QED) is 0.847. The maximum absolute atomic E-state index is 6.06. The summed E-state index contributed by atoms with van der Waals surface area (Å²) in [5.74, 6) is 1.80. The minimum absolute atomic E-state index is 0.103. The third-order valence-electron chi connectivity index (χ3n) is 3.49. The maximum Gasteiger partial charge on any atom is 0.125 e. The highest BCUT2D eigenvalue weighted by Crippen LogP contribution is 2.34. The van der Waals surface area contributed by atoms with Crippen molar-refractivity contribution in [3.8, 4) is 11.5 Å². The Kier molecular flexibility index (Phi) is 3.88. The van der Waals surface area contributed by atoms with E-state index in [-0.39, 0.29) is 6.10 Å². The third kappa shape index (κ3) is 2.78. The minimum Gasteiger partial charge on any atom is -0.497 e. The molecule has 2 aromatic carbocycles. The number of fused-ring (bicyclic) bond motifs is 1. The lowest BCUT2D eigenvalue weighted by atomic mass is 10.0. The van der Waals surface area contributed by atoms with E-state index in [0.717, 1.165) is 29.0 Å². The van der Waals surface area contributed by atoms with Crippen LogP contribution in [0.3, 0.4) is 0 Å². The van der Waals surface area contributed by atoms with Crippen molar-refractivity contribution in [2.75, 3.05) is 13.7 Å². The Bertz CT molecular complexity index is 580. The monoisotopic (exact) mass is 270 g/mol. The van der Waals surface area contributed by atoms with E-state index < -0.39 is 0 Å². The van der Waals surface area contributed by atoms with Gasteiger partial charge in [0.2, 0.25) is 0 Å². The zero-order valence-corrected chi connectivity index (χ0v) is 11.5. The molecule has 3 rings (SSSR count). The minimum atomic E-state index is 0.103. The van der Waals surface area contributed by atoms with Crippen molar-refractivity contribution >= 4 is 0 Å². The molecule has 2 aromatic rings. The zero-order valence-electron chi connectivity index (χ0n) is 11.5. The van der Waals surface area contributed by atoms with Crippen molar-refractivity contribution in [2.24, 2.45) is 0 Å². The molecule has 3 nitrogen and oxygen atoms in total. The molecular weight excluding hydrogens is 252 g/mol. The van der Waals surface area contributed by atoms with Crippen LogP contribution in [0.25, 0.3) is 0 Å². The molecule has 1 unspecified atom stereocenters. The van der Waals surface area contributed by atoms with Gasteiger partial charge < -0.3 is 14.2 Å². The van der Waals surface area contributed by atoms with E-state index in [9.17, 15) is 0 Å². The summed E-state index contributed by atoms with van der Waals surface area (Å²) in [7, 11) is 1.68. The van der Waals surface area contributed by atoms with Gasteiger partial charge in [-0.3, -0.25) is 0 Å². The molecule has 3 heteroatoms. The molecule has 0 spiro atoms. The highest BCUT2D eigenvalue weighted by atomic mass is 16.5. The number of methoxy groups -OCH3 is 1. The van der Waals surface area contributed by atoms with Crippen LogP contribution < -0.4 is 9.47 Å². The molecular formula is C17H18O3. The number of benzene rings is 2. The van der Waals surface area contributed by atoms with Crippen LogP contribution in [0.4, 0.5) is 0 Å². The second kappa shape index (κ2) is 5.97. The highest BCUT2D eigenvalue weighted by molar-refractivity contribution is 5.36. The fraction of sp³-hybridized carbons (Fsp3) is 0.294. The summed E-state index contributed by atoms with van der Waals surface area (Å²) >= 11 is 0. The molecule has 0 aliphatic carbocycles. The molecule has 0 amide bonds. The van der Waals surface area contributed by atoms with Gasteiger partial charge in [-0.1, -0.05) is 30.3 Å². The molecule has 1 atom stereocenters. The van der Waals surface area contributed by atoms with E-state index in [1.54, 1.807) is 7.11 Å². The van der Waals surface area contributed by atoms with Crippen molar-refractivity contribution < 1.29 is 14.2 Å². The average molecular weight is 270 g/mol. The Morgan fingerprint density at radius 1 is 1.15 bits per heavy atom. The van der Waals surface area contributed by atoms with Gasteiger partial charge in [0, 0.05) is 12.0 Å². The normalized spacial score (nSPS) is 17.1. The van der Waals surface area contributed by atoms with Gasteiger partial charge in [0.15, 0.2) is 0 Å². The van der Waals surface area contributed by atoms with Crippen LogP contribution in [-0.2, 0) is 11.3 Å². The molecule has 1 aliphatic rings. The van der Waals surface area contributed by atoms with Crippen molar-refractivity contribution in [3.63, 3.8) is 0 Å². The largest absolute Gasteiger partial charge is 0.497 e. The molecule has 0 saturated heterocycles. The molecule has 0 saturated carbocycles. The molecule has 0 radical (unpaired) electrons. The molecule has 20 heavy (non-hydrogen) atoms. The van der Waals surface area contributed by atoms with Gasteiger partial charge >= 0.3 is 0 Å². The van der Waals surface area contributed by atoms with Crippen LogP contribution in [0, 0.1) is 0 Å². The Morgan fingerprint density at radius 2 is 2.05 bits per heavy atom. The SMILES string of the molecule is COc1cccc(COC2CCOc3ccccc32)c1. The van der Waals surface area contributed by atoms with Crippen molar-refractivity contribution in [1.29, 1.82) is 0 Å². The first-order valence-electron chi connectivity index (χ1n) is 6.83. The fourth-order valence-corrected chi connectivity index (χ4v) is 2.44. The lowest BCUT2D eigenvalue weighted by Gasteiger charge is -2.26. The molecule has 0 bridgehead atoms. The van der Waals surface area contributed by atoms with Crippen LogP contribution in [0.15, 0.2) is 48.5 Å². The lowest BCUT2D eigenvalue weighted by molar-refractivity contribution is 0.0127. The fourth-order valence-electron chi connectivity index (χ4n) is 2.44. The van der Waals surface area contributed by atoms with Gasteiger partial charge in [-0.15, -0.1) is 0 Å². The van der Waals surface area contributed by atoms with Crippen molar-refractivity contribution in [2.45, 2.75) is 19.1 Å². The van der Waals surface area contributed by atoms with Crippen molar-refractivity contribution in [3.05, 3.63) is 59.7 Å². The number of hydrogen-bond acceptors (Lipinski definition) is 3. The Balaban J connectivity index is 1.70. The Morgan fingerprint density at radius 3 is 2.95 bits per heavy atom. The van der Waals surface area contributed by atoms with Crippen LogP contribution in [0.2, 0.25) is 0 Å². The lowest BCUT2D eigenvalue weighted by Crippen LogP contribution is -2.16. The number of para-hydroxylation sites is 1. The molecule has 0 fully saturated rings. The molecule has 1 aliphatic heterocycles. The molecule has 0 aromatic heterocycles. The second-order valence-corrected chi connectivity index (χ2v) is 4.83. The van der Waals surface area contributed by atoms with E-state index in [1.807, 2.05) is 42.5 Å². The topological polar surface area (TPSA) is 27.7 Å². The second-order valence-electron chi connectivity index (χ2n) is 4.83. The number of hydrogen-bond donors (Lipinski definition) is 0. The summed E-state index contributed by atoms with van der Waals surface area (Å²) in [5, 5.41) is 0. The van der Waals surface area contributed by atoms with Gasteiger partial charge in [-0.25, -0.2) is 0 Å². The predicted octanol–water partition coefficient (Wildman–Crippen LogP) is 3.74. The summed E-state index contributed by atoms with van der Waals surface area (Å²) in [6.45, 7) is 1.29. The average Bonchev–Trinajstić information content (AvgIpc) is 2.53. The summed E-state index contributed by atoms with van der Waals surface area (Å²) < 4.78 is 16.9. The van der Waals surface area contributed by atoms with Gasteiger partial charge in [0.05, 0.1) is 26.4 Å². The maximum atomic E-state index is 6.06.